The summed E-state index contributed by atoms with van der Waals surface area (Å²) in [5.74, 6) is 0. The SMILES string of the molecule is CN1NC=CN1. The Hall–Kier alpha value is -0.700. The Labute approximate surface area is 36.6 Å². The first-order chi connectivity index (χ1) is 2.89. The van der Waals surface area contributed by atoms with Crippen molar-refractivity contribution in [1.82, 2.24) is 16.0 Å². The van der Waals surface area contributed by atoms with Crippen molar-refractivity contribution in [2.75, 3.05) is 7.05 Å². The molecule has 0 fully saturated rings. The van der Waals surface area contributed by atoms with Crippen molar-refractivity contribution in [3.05, 3.63) is 12.4 Å². The minimum absolute atomic E-state index is 1.75. The zero-order valence-corrected chi connectivity index (χ0v) is 3.60. The molecule has 2 N–H and O–H groups in total. The van der Waals surface area contributed by atoms with Gasteiger partial charge in [-0.15, -0.1) is 5.12 Å². The molecular weight excluding hydrogens is 78.1 g/mol. The third-order valence-electron chi connectivity index (χ3n) is 0.620. The van der Waals surface area contributed by atoms with Crippen LogP contribution in [-0.2, 0) is 0 Å². The zero-order valence-electron chi connectivity index (χ0n) is 3.60. The van der Waals surface area contributed by atoms with E-state index < -0.39 is 0 Å². The number of hydrogen-bond donors (Lipinski definition) is 2. The number of rotatable bonds is 0. The van der Waals surface area contributed by atoms with E-state index in [9.17, 15) is 0 Å². The maximum absolute atomic E-state index is 2.86. The first-order valence-electron chi connectivity index (χ1n) is 1.81. The van der Waals surface area contributed by atoms with Gasteiger partial charge in [-0.25, -0.2) is 0 Å². The fourth-order valence-electron chi connectivity index (χ4n) is 0.335. The van der Waals surface area contributed by atoms with E-state index in [4.69, 9.17) is 0 Å². The van der Waals surface area contributed by atoms with Crippen LogP contribution in [0, 0.1) is 0 Å². The van der Waals surface area contributed by atoms with Crippen LogP contribution in [-0.4, -0.2) is 12.2 Å². The standard InChI is InChI=1S/C3H7N3/c1-6-4-2-3-5-6/h2-5H,1H3. The summed E-state index contributed by atoms with van der Waals surface area (Å²) in [4.78, 5) is 0. The lowest BCUT2D eigenvalue weighted by molar-refractivity contribution is 0.247. The highest BCUT2D eigenvalue weighted by atomic mass is 15.7. The molecule has 0 aromatic rings. The molecule has 0 spiro atoms. The average molecular weight is 85.1 g/mol. The summed E-state index contributed by atoms with van der Waals surface area (Å²) >= 11 is 0. The summed E-state index contributed by atoms with van der Waals surface area (Å²) in [5.41, 5.74) is 5.72. The van der Waals surface area contributed by atoms with Crippen LogP contribution in [0.1, 0.15) is 0 Å². The van der Waals surface area contributed by atoms with Gasteiger partial charge in [0.2, 0.25) is 0 Å². The van der Waals surface area contributed by atoms with Gasteiger partial charge in [0.25, 0.3) is 0 Å². The predicted molar refractivity (Wildman–Crippen MR) is 23.2 cm³/mol. The summed E-state index contributed by atoms with van der Waals surface area (Å²) in [6.07, 6.45) is 3.64. The largest absolute Gasteiger partial charge is 0.308 e. The monoisotopic (exact) mass is 85.1 g/mol. The van der Waals surface area contributed by atoms with E-state index >= 15 is 0 Å². The van der Waals surface area contributed by atoms with Crippen molar-refractivity contribution in [2.45, 2.75) is 0 Å². The van der Waals surface area contributed by atoms with Crippen LogP contribution in [0.2, 0.25) is 0 Å². The highest BCUT2D eigenvalue weighted by Crippen LogP contribution is 1.74. The number of hydrogen-bond acceptors (Lipinski definition) is 3. The molecule has 1 aliphatic rings. The average Bonchev–Trinajstić information content (AvgIpc) is 1.86. The molecule has 0 saturated heterocycles. The Morgan fingerprint density at radius 2 is 1.83 bits per heavy atom. The summed E-state index contributed by atoms with van der Waals surface area (Å²) in [7, 11) is 1.89. The first-order valence-corrected chi connectivity index (χ1v) is 1.81. The molecule has 0 aromatic carbocycles. The van der Waals surface area contributed by atoms with Gasteiger partial charge >= 0.3 is 0 Å². The van der Waals surface area contributed by atoms with Gasteiger partial charge in [0, 0.05) is 19.4 Å². The smallest absolute Gasteiger partial charge is 0.0317 e. The van der Waals surface area contributed by atoms with Crippen LogP contribution >= 0.6 is 0 Å². The van der Waals surface area contributed by atoms with Gasteiger partial charge in [0.1, 0.15) is 0 Å². The Kier molecular flexibility index (Phi) is 0.686. The van der Waals surface area contributed by atoms with E-state index in [1.807, 2.05) is 19.4 Å². The Morgan fingerprint density at radius 3 is 2.00 bits per heavy atom. The molecule has 1 heterocycles. The highest BCUT2D eigenvalue weighted by molar-refractivity contribution is 4.78. The third kappa shape index (κ3) is 0.440. The van der Waals surface area contributed by atoms with Crippen molar-refractivity contribution in [2.24, 2.45) is 0 Å². The molecule has 1 aliphatic heterocycles. The molecule has 3 heteroatoms. The molecule has 0 radical (unpaired) electrons. The molecular formula is C3H7N3. The van der Waals surface area contributed by atoms with Crippen molar-refractivity contribution >= 4 is 0 Å². The van der Waals surface area contributed by atoms with Gasteiger partial charge in [-0.05, 0) is 0 Å². The van der Waals surface area contributed by atoms with Gasteiger partial charge in [-0.3, -0.25) is 0 Å². The van der Waals surface area contributed by atoms with Crippen LogP contribution in [0.3, 0.4) is 0 Å². The van der Waals surface area contributed by atoms with E-state index in [1.54, 1.807) is 5.12 Å². The second-order valence-electron chi connectivity index (χ2n) is 1.15. The predicted octanol–water partition coefficient (Wildman–Crippen LogP) is -0.588. The zero-order chi connectivity index (χ0) is 4.41. The second-order valence-corrected chi connectivity index (χ2v) is 1.15. The maximum atomic E-state index is 2.86. The summed E-state index contributed by atoms with van der Waals surface area (Å²) in [6, 6.07) is 0. The topological polar surface area (TPSA) is 27.3 Å². The minimum atomic E-state index is 1.75. The van der Waals surface area contributed by atoms with Gasteiger partial charge in [0.15, 0.2) is 0 Å². The van der Waals surface area contributed by atoms with Crippen molar-refractivity contribution in [1.29, 1.82) is 0 Å². The molecule has 0 aliphatic carbocycles. The second kappa shape index (κ2) is 1.18. The molecule has 1 rings (SSSR count). The van der Waals surface area contributed by atoms with Crippen LogP contribution in [0.15, 0.2) is 12.4 Å². The molecule has 0 aromatic heterocycles. The maximum Gasteiger partial charge on any atom is 0.0317 e. The highest BCUT2D eigenvalue weighted by Gasteiger charge is 1.90. The normalized spacial score (nSPS) is 20.2. The van der Waals surface area contributed by atoms with E-state index in [-0.39, 0.29) is 0 Å². The van der Waals surface area contributed by atoms with E-state index in [1.165, 1.54) is 0 Å². The van der Waals surface area contributed by atoms with E-state index in [2.05, 4.69) is 10.9 Å². The van der Waals surface area contributed by atoms with Crippen molar-refractivity contribution < 1.29 is 0 Å². The van der Waals surface area contributed by atoms with Gasteiger partial charge < -0.3 is 10.9 Å². The summed E-state index contributed by atoms with van der Waals surface area (Å²) in [5, 5.41) is 1.75. The van der Waals surface area contributed by atoms with E-state index in [0.29, 0.717) is 0 Å². The fourth-order valence-corrected chi connectivity index (χ4v) is 0.335. The fraction of sp³-hybridized carbons (Fsp3) is 0.333. The van der Waals surface area contributed by atoms with Crippen LogP contribution in [0.25, 0.3) is 0 Å². The van der Waals surface area contributed by atoms with Crippen molar-refractivity contribution in [3.63, 3.8) is 0 Å². The molecule has 0 saturated carbocycles. The Morgan fingerprint density at radius 1 is 1.33 bits per heavy atom. The summed E-state index contributed by atoms with van der Waals surface area (Å²) < 4.78 is 0. The van der Waals surface area contributed by atoms with Crippen LogP contribution < -0.4 is 10.9 Å². The molecule has 0 unspecified atom stereocenters. The van der Waals surface area contributed by atoms with Gasteiger partial charge in [0.05, 0.1) is 0 Å². The molecule has 6 heavy (non-hydrogen) atoms. The van der Waals surface area contributed by atoms with Crippen LogP contribution in [0.4, 0.5) is 0 Å². The van der Waals surface area contributed by atoms with Crippen molar-refractivity contribution in [3.8, 4) is 0 Å². The number of nitrogens with zero attached hydrogens (tertiary/aromatic N) is 1. The first kappa shape index (κ1) is 3.49. The lowest BCUT2D eigenvalue weighted by Gasteiger charge is -2.06. The molecule has 3 nitrogen and oxygen atoms in total. The Bertz CT molecular complexity index is 60.4. The van der Waals surface area contributed by atoms with Gasteiger partial charge in [-0.1, -0.05) is 0 Å². The van der Waals surface area contributed by atoms with E-state index in [0.717, 1.165) is 0 Å². The lowest BCUT2D eigenvalue weighted by atomic mass is 11.0. The number of nitrogens with one attached hydrogen (secondary N) is 2. The van der Waals surface area contributed by atoms with Gasteiger partial charge in [-0.2, -0.15) is 0 Å². The Balaban J connectivity index is 2.32. The molecule has 0 amide bonds. The van der Waals surface area contributed by atoms with Crippen LogP contribution in [0.5, 0.6) is 0 Å². The summed E-state index contributed by atoms with van der Waals surface area (Å²) in [6.45, 7) is 0. The minimum Gasteiger partial charge on any atom is -0.308 e. The quantitative estimate of drug-likeness (QED) is 0.412. The third-order valence-corrected chi connectivity index (χ3v) is 0.620. The molecule has 34 valence electrons. The molecule has 0 atom stereocenters. The number of hydrazine groups is 2. The lowest BCUT2D eigenvalue weighted by Crippen LogP contribution is -2.32. The molecule has 0 bridgehead atoms.